The number of ether oxygens (including phenoxy) is 2. The average molecular weight is 327 g/mol. The molecule has 1 saturated carbocycles. The molecule has 1 fully saturated rings. The van der Waals surface area contributed by atoms with Gasteiger partial charge in [0.1, 0.15) is 6.61 Å². The third kappa shape index (κ3) is 4.38. The zero-order valence-corrected chi connectivity index (χ0v) is 13.6. The van der Waals surface area contributed by atoms with Gasteiger partial charge in [-0.1, -0.05) is 30.3 Å². The number of benzene rings is 1. The first-order chi connectivity index (χ1) is 11.7. The van der Waals surface area contributed by atoms with E-state index in [0.717, 1.165) is 24.1 Å². The van der Waals surface area contributed by atoms with Gasteiger partial charge in [0, 0.05) is 18.2 Å². The van der Waals surface area contributed by atoms with E-state index in [-0.39, 0.29) is 12.1 Å². The van der Waals surface area contributed by atoms with Crippen LogP contribution in [0.25, 0.3) is 0 Å². The summed E-state index contributed by atoms with van der Waals surface area (Å²) in [5, 5.41) is 6.26. The first kappa shape index (κ1) is 16.1. The summed E-state index contributed by atoms with van der Waals surface area (Å²) < 4.78 is 10.2. The van der Waals surface area contributed by atoms with Crippen LogP contribution in [-0.4, -0.2) is 30.3 Å². The molecule has 126 valence electrons. The van der Waals surface area contributed by atoms with E-state index in [9.17, 15) is 4.79 Å². The van der Waals surface area contributed by atoms with Gasteiger partial charge in [0.2, 0.25) is 5.88 Å². The number of anilines is 1. The highest BCUT2D eigenvalue weighted by Gasteiger charge is 2.30. The highest BCUT2D eigenvalue weighted by molar-refractivity contribution is 5.67. The Bertz CT molecular complexity index is 655. The fraction of sp³-hybridized carbons (Fsp3) is 0.333. The summed E-state index contributed by atoms with van der Waals surface area (Å²) >= 11 is 0. The molecule has 2 N–H and O–H groups in total. The van der Waals surface area contributed by atoms with E-state index in [1.54, 1.807) is 13.3 Å². The van der Waals surface area contributed by atoms with Crippen molar-refractivity contribution >= 4 is 11.8 Å². The van der Waals surface area contributed by atoms with Crippen molar-refractivity contribution < 1.29 is 14.3 Å². The molecule has 0 saturated heterocycles. The topological polar surface area (TPSA) is 72.5 Å². The number of alkyl carbamates (subject to hydrolysis) is 1. The molecule has 1 aliphatic carbocycles. The summed E-state index contributed by atoms with van der Waals surface area (Å²) in [6.45, 7) is 0.290. The van der Waals surface area contributed by atoms with Crippen LogP contribution in [-0.2, 0) is 11.3 Å². The van der Waals surface area contributed by atoms with Crippen LogP contribution < -0.4 is 15.4 Å². The van der Waals surface area contributed by atoms with E-state index in [2.05, 4.69) is 15.6 Å². The Kier molecular flexibility index (Phi) is 5.15. The molecule has 1 aliphatic rings. The standard InChI is InChI=1S/C18H21N3O3/c1-23-17-8-7-14(11-19-17)20-15-9-16(10-15)21-18(22)24-12-13-5-3-2-4-6-13/h2-8,11,15-16,20H,9-10,12H2,1H3,(H,21,22). The van der Waals surface area contributed by atoms with Gasteiger partial charge in [0.25, 0.3) is 0 Å². The number of hydrogen-bond donors (Lipinski definition) is 2. The number of aromatic nitrogens is 1. The molecule has 0 radical (unpaired) electrons. The molecule has 1 amide bonds. The van der Waals surface area contributed by atoms with Crippen LogP contribution in [0.3, 0.4) is 0 Å². The van der Waals surface area contributed by atoms with Gasteiger partial charge < -0.3 is 20.1 Å². The number of nitrogens with one attached hydrogen (secondary N) is 2. The first-order valence-electron chi connectivity index (χ1n) is 7.97. The lowest BCUT2D eigenvalue weighted by atomic mass is 9.87. The monoisotopic (exact) mass is 327 g/mol. The highest BCUT2D eigenvalue weighted by atomic mass is 16.5. The quantitative estimate of drug-likeness (QED) is 0.853. The average Bonchev–Trinajstić information content (AvgIpc) is 2.59. The molecule has 6 heteroatoms. The molecule has 0 aliphatic heterocycles. The van der Waals surface area contributed by atoms with Crippen LogP contribution in [0.4, 0.5) is 10.5 Å². The van der Waals surface area contributed by atoms with Crippen molar-refractivity contribution in [3.8, 4) is 5.88 Å². The molecule has 0 unspecified atom stereocenters. The zero-order chi connectivity index (χ0) is 16.8. The van der Waals surface area contributed by atoms with E-state index in [0.29, 0.717) is 18.5 Å². The van der Waals surface area contributed by atoms with Gasteiger partial charge in [-0.25, -0.2) is 9.78 Å². The molecule has 24 heavy (non-hydrogen) atoms. The Morgan fingerprint density at radius 3 is 2.62 bits per heavy atom. The summed E-state index contributed by atoms with van der Waals surface area (Å²) in [5.74, 6) is 0.592. The Labute approximate surface area is 141 Å². The van der Waals surface area contributed by atoms with Crippen LogP contribution in [0.5, 0.6) is 5.88 Å². The largest absolute Gasteiger partial charge is 0.481 e. The number of hydrogen-bond acceptors (Lipinski definition) is 5. The lowest BCUT2D eigenvalue weighted by Crippen LogP contribution is -2.49. The third-order valence-electron chi connectivity index (χ3n) is 3.99. The molecule has 6 nitrogen and oxygen atoms in total. The number of rotatable bonds is 6. The van der Waals surface area contributed by atoms with Crippen LogP contribution in [0.15, 0.2) is 48.7 Å². The molecule has 1 heterocycles. The second-order valence-corrected chi connectivity index (χ2v) is 5.80. The van der Waals surface area contributed by atoms with Crippen LogP contribution in [0, 0.1) is 0 Å². The normalized spacial score (nSPS) is 19.0. The van der Waals surface area contributed by atoms with Crippen molar-refractivity contribution in [3.05, 3.63) is 54.2 Å². The maximum Gasteiger partial charge on any atom is 0.407 e. The number of methoxy groups -OCH3 is 1. The van der Waals surface area contributed by atoms with E-state index >= 15 is 0 Å². The van der Waals surface area contributed by atoms with Crippen molar-refractivity contribution in [2.45, 2.75) is 31.5 Å². The second kappa shape index (κ2) is 7.68. The van der Waals surface area contributed by atoms with Gasteiger partial charge in [0.15, 0.2) is 0 Å². The molecule has 3 rings (SSSR count). The van der Waals surface area contributed by atoms with E-state index in [1.165, 1.54) is 0 Å². The van der Waals surface area contributed by atoms with E-state index in [1.807, 2.05) is 42.5 Å². The number of amides is 1. The number of carbonyl (C=O) groups excluding carboxylic acids is 1. The smallest absolute Gasteiger partial charge is 0.407 e. The van der Waals surface area contributed by atoms with Gasteiger partial charge in [-0.3, -0.25) is 0 Å². The maximum absolute atomic E-state index is 11.8. The van der Waals surface area contributed by atoms with Crippen molar-refractivity contribution in [3.63, 3.8) is 0 Å². The van der Waals surface area contributed by atoms with Crippen molar-refractivity contribution in [1.82, 2.24) is 10.3 Å². The molecule has 1 aromatic carbocycles. The minimum absolute atomic E-state index is 0.150. The van der Waals surface area contributed by atoms with Crippen molar-refractivity contribution in [2.24, 2.45) is 0 Å². The van der Waals surface area contributed by atoms with Gasteiger partial charge >= 0.3 is 6.09 Å². The highest BCUT2D eigenvalue weighted by Crippen LogP contribution is 2.24. The van der Waals surface area contributed by atoms with Gasteiger partial charge in [0.05, 0.1) is 19.0 Å². The minimum Gasteiger partial charge on any atom is -0.481 e. The molecule has 1 aromatic heterocycles. The third-order valence-corrected chi connectivity index (χ3v) is 3.99. The summed E-state index contributed by atoms with van der Waals surface area (Å²) in [6, 6.07) is 13.9. The molecular weight excluding hydrogens is 306 g/mol. The number of nitrogens with zero attached hydrogens (tertiary/aromatic N) is 1. The molecule has 0 bridgehead atoms. The van der Waals surface area contributed by atoms with Gasteiger partial charge in [-0.2, -0.15) is 0 Å². The molecule has 0 atom stereocenters. The van der Waals surface area contributed by atoms with Crippen LogP contribution >= 0.6 is 0 Å². The lowest BCUT2D eigenvalue weighted by Gasteiger charge is -2.36. The molecular formula is C18H21N3O3. The summed E-state index contributed by atoms with van der Waals surface area (Å²) in [6.07, 6.45) is 3.11. The summed E-state index contributed by atoms with van der Waals surface area (Å²) in [5.41, 5.74) is 1.93. The Hall–Kier alpha value is -2.76. The minimum atomic E-state index is -0.367. The Morgan fingerprint density at radius 1 is 1.17 bits per heavy atom. The Balaban J connectivity index is 1.35. The predicted octanol–water partition coefficient (Wildman–Crippen LogP) is 2.96. The van der Waals surface area contributed by atoms with Crippen molar-refractivity contribution in [2.75, 3.05) is 12.4 Å². The van der Waals surface area contributed by atoms with E-state index < -0.39 is 0 Å². The molecule has 0 spiro atoms. The Morgan fingerprint density at radius 2 is 1.96 bits per heavy atom. The molecule has 2 aromatic rings. The second-order valence-electron chi connectivity index (χ2n) is 5.80. The fourth-order valence-corrected chi connectivity index (χ4v) is 2.61. The SMILES string of the molecule is COc1ccc(NC2CC(NC(=O)OCc3ccccc3)C2)cn1. The zero-order valence-electron chi connectivity index (χ0n) is 13.6. The lowest BCUT2D eigenvalue weighted by molar-refractivity contribution is 0.129. The van der Waals surface area contributed by atoms with Gasteiger partial charge in [-0.15, -0.1) is 0 Å². The summed E-state index contributed by atoms with van der Waals surface area (Å²) in [4.78, 5) is 15.9. The van der Waals surface area contributed by atoms with E-state index in [4.69, 9.17) is 9.47 Å². The fourth-order valence-electron chi connectivity index (χ4n) is 2.61. The first-order valence-corrected chi connectivity index (χ1v) is 7.97. The predicted molar refractivity (Wildman–Crippen MR) is 91.0 cm³/mol. The number of carbonyl (C=O) groups is 1. The summed E-state index contributed by atoms with van der Waals surface area (Å²) in [7, 11) is 1.59. The van der Waals surface area contributed by atoms with Crippen molar-refractivity contribution in [1.29, 1.82) is 0 Å². The van der Waals surface area contributed by atoms with Crippen LogP contribution in [0.2, 0.25) is 0 Å². The maximum atomic E-state index is 11.8. The number of pyridine rings is 1. The van der Waals surface area contributed by atoms with Crippen LogP contribution in [0.1, 0.15) is 18.4 Å². The van der Waals surface area contributed by atoms with Gasteiger partial charge in [-0.05, 0) is 24.5 Å².